The first kappa shape index (κ1) is 14.3. The molecular weight excluding hydrogens is 190 g/mol. The molecule has 0 aromatic heterocycles. The van der Waals surface area contributed by atoms with Crippen LogP contribution in [0.3, 0.4) is 0 Å². The first-order valence-corrected chi connectivity index (χ1v) is 6.06. The van der Waals surface area contributed by atoms with E-state index in [9.17, 15) is 0 Å². The molecule has 0 aliphatic carbocycles. The molecule has 0 N–H and O–H groups in total. The maximum Gasteiger partial charge on any atom is 0.0613 e. The van der Waals surface area contributed by atoms with Crippen LogP contribution in [0.25, 0.3) is 0 Å². The summed E-state index contributed by atoms with van der Waals surface area (Å²) in [6.45, 7) is 16.8. The van der Waals surface area contributed by atoms with Gasteiger partial charge in [0.2, 0.25) is 0 Å². The summed E-state index contributed by atoms with van der Waals surface area (Å²) in [6.07, 6.45) is 1.07. The molecular formula is C12H27NS. The van der Waals surface area contributed by atoms with E-state index in [1.54, 1.807) is 0 Å². The molecule has 86 valence electrons. The second kappa shape index (κ2) is 4.89. The molecule has 14 heavy (non-hydrogen) atoms. The fourth-order valence-corrected chi connectivity index (χ4v) is 2.13. The molecule has 0 bridgehead atoms. The fraction of sp³-hybridized carbons (Fsp3) is 1.00. The minimum atomic E-state index is 0.00250. The highest BCUT2D eigenvalue weighted by Gasteiger charge is 2.34. The monoisotopic (exact) mass is 217 g/mol. The van der Waals surface area contributed by atoms with Gasteiger partial charge in [0.1, 0.15) is 0 Å². The Morgan fingerprint density at radius 1 is 1.14 bits per heavy atom. The van der Waals surface area contributed by atoms with Gasteiger partial charge in [0.15, 0.2) is 0 Å². The van der Waals surface area contributed by atoms with E-state index in [2.05, 4.69) is 53.4 Å². The summed E-state index contributed by atoms with van der Waals surface area (Å²) in [5, 5.41) is 0. The topological polar surface area (TPSA) is 3.24 Å². The molecule has 0 radical (unpaired) electrons. The van der Waals surface area contributed by atoms with E-state index in [1.807, 2.05) is 0 Å². The average Bonchev–Trinajstić information content (AvgIpc) is 1.98. The van der Waals surface area contributed by atoms with E-state index in [4.69, 9.17) is 12.6 Å². The van der Waals surface area contributed by atoms with Crippen LogP contribution in [0.15, 0.2) is 0 Å². The molecule has 0 aliphatic heterocycles. The van der Waals surface area contributed by atoms with Crippen molar-refractivity contribution in [2.45, 2.75) is 65.3 Å². The van der Waals surface area contributed by atoms with Gasteiger partial charge in [-0.15, -0.1) is 0 Å². The van der Waals surface area contributed by atoms with E-state index < -0.39 is 0 Å². The van der Waals surface area contributed by atoms with Gasteiger partial charge >= 0.3 is 0 Å². The number of nitrogens with zero attached hydrogens (tertiary/aromatic N) is 1. The second-order valence-corrected chi connectivity index (χ2v) is 6.71. The Hall–Kier alpha value is 0.310. The lowest BCUT2D eigenvalue weighted by Crippen LogP contribution is -2.53. The van der Waals surface area contributed by atoms with Crippen LogP contribution < -0.4 is 0 Å². The summed E-state index contributed by atoms with van der Waals surface area (Å²) >= 11 is 4.78. The minimum absolute atomic E-state index is 0.00250. The van der Waals surface area contributed by atoms with Crippen LogP contribution in [0.5, 0.6) is 0 Å². The molecule has 0 amide bonds. The van der Waals surface area contributed by atoms with E-state index in [1.165, 1.54) is 0 Å². The Balaban J connectivity index is 4.73. The third-order valence-electron chi connectivity index (χ3n) is 2.61. The van der Waals surface area contributed by atoms with Gasteiger partial charge in [0, 0.05) is 12.1 Å². The number of rotatable bonds is 4. The van der Waals surface area contributed by atoms with E-state index in [-0.39, 0.29) is 10.4 Å². The average molecular weight is 217 g/mol. The molecule has 0 rings (SSSR count). The Kier molecular flexibility index (Phi) is 5.00. The third kappa shape index (κ3) is 4.22. The summed E-state index contributed by atoms with van der Waals surface area (Å²) in [7, 11) is 0. The van der Waals surface area contributed by atoms with Gasteiger partial charge in [0.25, 0.3) is 0 Å². The van der Waals surface area contributed by atoms with Gasteiger partial charge < -0.3 is 0 Å². The lowest BCUT2D eigenvalue weighted by Gasteiger charge is -2.47. The van der Waals surface area contributed by atoms with Crippen molar-refractivity contribution in [1.29, 1.82) is 0 Å². The van der Waals surface area contributed by atoms with E-state index in [0.29, 0.717) is 5.92 Å². The molecule has 1 unspecified atom stereocenters. The molecule has 0 heterocycles. The van der Waals surface area contributed by atoms with Gasteiger partial charge in [0.05, 0.1) is 4.87 Å². The summed E-state index contributed by atoms with van der Waals surface area (Å²) < 4.78 is 0. The van der Waals surface area contributed by atoms with Crippen molar-refractivity contribution >= 4 is 12.6 Å². The Labute approximate surface area is 95.7 Å². The molecule has 2 heteroatoms. The van der Waals surface area contributed by atoms with Crippen LogP contribution in [-0.4, -0.2) is 21.9 Å². The van der Waals surface area contributed by atoms with Crippen LogP contribution >= 0.6 is 12.6 Å². The Morgan fingerprint density at radius 3 is 1.79 bits per heavy atom. The minimum Gasteiger partial charge on any atom is -0.284 e. The molecule has 0 fully saturated rings. The molecule has 1 atom stereocenters. The SMILES string of the molecule is CCC(C)(S)N(CC(C)C)C(C)(C)C. The zero-order chi connectivity index (χ0) is 11.6. The van der Waals surface area contributed by atoms with Crippen LogP contribution in [-0.2, 0) is 0 Å². The summed E-state index contributed by atoms with van der Waals surface area (Å²) in [4.78, 5) is 2.50. The highest BCUT2D eigenvalue weighted by molar-refractivity contribution is 7.81. The Morgan fingerprint density at radius 2 is 1.57 bits per heavy atom. The molecule has 0 spiro atoms. The van der Waals surface area contributed by atoms with Crippen molar-refractivity contribution < 1.29 is 0 Å². The van der Waals surface area contributed by atoms with Crippen molar-refractivity contribution in [3.05, 3.63) is 0 Å². The zero-order valence-corrected chi connectivity index (χ0v) is 11.8. The van der Waals surface area contributed by atoms with E-state index >= 15 is 0 Å². The maximum atomic E-state index is 4.78. The molecule has 0 saturated carbocycles. The van der Waals surface area contributed by atoms with Gasteiger partial charge in [-0.25, -0.2) is 0 Å². The maximum absolute atomic E-state index is 4.78. The van der Waals surface area contributed by atoms with Gasteiger partial charge in [-0.2, -0.15) is 12.6 Å². The lowest BCUT2D eigenvalue weighted by atomic mass is 9.99. The van der Waals surface area contributed by atoms with Crippen molar-refractivity contribution in [3.63, 3.8) is 0 Å². The van der Waals surface area contributed by atoms with Crippen molar-refractivity contribution in [2.75, 3.05) is 6.54 Å². The van der Waals surface area contributed by atoms with Crippen molar-refractivity contribution in [2.24, 2.45) is 5.92 Å². The molecule has 0 aromatic rings. The number of hydrogen-bond acceptors (Lipinski definition) is 2. The number of hydrogen-bond donors (Lipinski definition) is 1. The smallest absolute Gasteiger partial charge is 0.0613 e. The highest BCUT2D eigenvalue weighted by atomic mass is 32.1. The summed E-state index contributed by atoms with van der Waals surface area (Å²) in [5.74, 6) is 0.687. The van der Waals surface area contributed by atoms with Crippen LogP contribution in [0, 0.1) is 5.92 Å². The van der Waals surface area contributed by atoms with Crippen LogP contribution in [0.2, 0.25) is 0 Å². The molecule has 0 saturated heterocycles. The van der Waals surface area contributed by atoms with Crippen molar-refractivity contribution in [1.82, 2.24) is 4.90 Å². The fourth-order valence-electron chi connectivity index (χ4n) is 1.75. The van der Waals surface area contributed by atoms with Crippen LogP contribution in [0.4, 0.5) is 0 Å². The predicted molar refractivity (Wildman–Crippen MR) is 69.0 cm³/mol. The highest BCUT2D eigenvalue weighted by Crippen LogP contribution is 2.31. The third-order valence-corrected chi connectivity index (χ3v) is 3.17. The van der Waals surface area contributed by atoms with Crippen LogP contribution in [0.1, 0.15) is 54.9 Å². The van der Waals surface area contributed by atoms with Crippen molar-refractivity contribution in [3.8, 4) is 0 Å². The predicted octanol–water partition coefficient (Wildman–Crippen LogP) is 3.80. The first-order chi connectivity index (χ1) is 6.11. The summed E-state index contributed by atoms with van der Waals surface area (Å²) in [5.41, 5.74) is 0.191. The normalized spacial score (nSPS) is 17.6. The number of thiol groups is 1. The zero-order valence-electron chi connectivity index (χ0n) is 10.9. The second-order valence-electron chi connectivity index (χ2n) is 5.75. The standard InChI is InChI=1S/C12H27NS/c1-8-12(7,14)13(9-10(2)3)11(4,5)6/h10,14H,8-9H2,1-7H3. The Bertz CT molecular complexity index is 168. The molecule has 0 aromatic carbocycles. The first-order valence-electron chi connectivity index (χ1n) is 5.61. The van der Waals surface area contributed by atoms with Gasteiger partial charge in [-0.05, 0) is 40.0 Å². The summed E-state index contributed by atoms with van der Waals surface area (Å²) in [6, 6.07) is 0. The quantitative estimate of drug-likeness (QED) is 0.554. The van der Waals surface area contributed by atoms with Gasteiger partial charge in [-0.3, -0.25) is 4.90 Å². The molecule has 0 aliphatic rings. The molecule has 1 nitrogen and oxygen atoms in total. The largest absolute Gasteiger partial charge is 0.284 e. The van der Waals surface area contributed by atoms with E-state index in [0.717, 1.165) is 13.0 Å². The lowest BCUT2D eigenvalue weighted by molar-refractivity contribution is 0.0566. The van der Waals surface area contributed by atoms with Gasteiger partial charge in [-0.1, -0.05) is 20.8 Å².